The summed E-state index contributed by atoms with van der Waals surface area (Å²) in [6.07, 6.45) is -11.8. The summed E-state index contributed by atoms with van der Waals surface area (Å²) in [6, 6.07) is 70.2. The Hall–Kier alpha value is -6.10. The topological polar surface area (TPSA) is 148 Å². The van der Waals surface area contributed by atoms with Gasteiger partial charge in [-0.2, -0.15) is 0 Å². The largest absolute Gasteiger partial charge is 0.374 e. The maximum absolute atomic E-state index is 7.33. The van der Waals surface area contributed by atoms with Crippen molar-refractivity contribution < 1.29 is 75.8 Å². The number of ether oxygens (including phenoxy) is 16. The van der Waals surface area contributed by atoms with Crippen LogP contribution in [0.4, 0.5) is 0 Å². The molecule has 0 radical (unpaired) electrons. The van der Waals surface area contributed by atoms with Crippen LogP contribution in [-0.2, 0) is 122 Å². The van der Waals surface area contributed by atoms with Crippen LogP contribution in [0.15, 0.2) is 212 Å². The van der Waals surface area contributed by atoms with Crippen molar-refractivity contribution in [3.05, 3.63) is 251 Å². The van der Waals surface area contributed by atoms with E-state index >= 15 is 0 Å². The van der Waals surface area contributed by atoms with Crippen LogP contribution in [0.5, 0.6) is 0 Å². The highest BCUT2D eigenvalue weighted by atomic mass is 16.9. The molecule has 89 heavy (non-hydrogen) atoms. The fourth-order valence-corrected chi connectivity index (χ4v) is 12.1. The molecule has 5 aliphatic heterocycles. The quantitative estimate of drug-likeness (QED) is 0.0458. The van der Waals surface area contributed by atoms with Crippen molar-refractivity contribution in [3.63, 3.8) is 0 Å². The van der Waals surface area contributed by atoms with E-state index in [1.807, 2.05) is 240 Å². The molecule has 16 heteroatoms. The van der Waals surface area contributed by atoms with Gasteiger partial charge in [-0.3, -0.25) is 0 Å². The Kier molecular flexibility index (Phi) is 21.5. The molecule has 0 aromatic heterocycles. The van der Waals surface area contributed by atoms with E-state index < -0.39 is 104 Å². The third-order valence-corrected chi connectivity index (χ3v) is 16.4. The van der Waals surface area contributed by atoms with E-state index in [2.05, 4.69) is 0 Å². The Morgan fingerprint density at radius 2 is 0.562 bits per heavy atom. The van der Waals surface area contributed by atoms with Crippen molar-refractivity contribution in [3.8, 4) is 0 Å². The van der Waals surface area contributed by atoms with Crippen LogP contribution in [0.3, 0.4) is 0 Å². The second-order valence-corrected chi connectivity index (χ2v) is 24.0. The molecule has 0 amide bonds. The van der Waals surface area contributed by atoms with Gasteiger partial charge < -0.3 is 75.8 Å². The summed E-state index contributed by atoms with van der Waals surface area (Å²) in [4.78, 5) is 0. The maximum Gasteiger partial charge on any atom is 0.190 e. The molecule has 15 atom stereocenters. The zero-order chi connectivity index (χ0) is 60.8. The predicted molar refractivity (Wildman–Crippen MR) is 328 cm³/mol. The van der Waals surface area contributed by atoms with Gasteiger partial charge in [-0.05, 0) is 66.6 Å². The number of benzene rings is 7. The molecular weight excluding hydrogens is 1130 g/mol. The van der Waals surface area contributed by atoms with Gasteiger partial charge in [0.05, 0.1) is 66.1 Å². The second kappa shape index (κ2) is 30.3. The molecular formula is C73H82O16. The Morgan fingerprint density at radius 3 is 0.944 bits per heavy atom. The van der Waals surface area contributed by atoms with Crippen LogP contribution >= 0.6 is 0 Å². The lowest BCUT2D eigenvalue weighted by Gasteiger charge is -2.48. The Labute approximate surface area is 522 Å². The molecule has 5 heterocycles. The van der Waals surface area contributed by atoms with E-state index in [0.717, 1.165) is 38.9 Å². The Morgan fingerprint density at radius 1 is 0.270 bits per heavy atom. The van der Waals surface area contributed by atoms with Gasteiger partial charge in [0, 0.05) is 0 Å². The van der Waals surface area contributed by atoms with Crippen LogP contribution in [-0.4, -0.2) is 124 Å². The summed E-state index contributed by atoms with van der Waals surface area (Å²) in [5.74, 6) is -1.86. The number of hydrogen-bond donors (Lipinski definition) is 0. The van der Waals surface area contributed by atoms with E-state index in [1.165, 1.54) is 0 Å². The summed E-state index contributed by atoms with van der Waals surface area (Å²) < 4.78 is 111. The van der Waals surface area contributed by atoms with Gasteiger partial charge >= 0.3 is 0 Å². The van der Waals surface area contributed by atoms with Gasteiger partial charge in [0.15, 0.2) is 30.4 Å². The van der Waals surface area contributed by atoms with Gasteiger partial charge in [0.1, 0.15) is 73.2 Å². The van der Waals surface area contributed by atoms with Gasteiger partial charge in [-0.15, -0.1) is 0 Å². The summed E-state index contributed by atoms with van der Waals surface area (Å²) in [5, 5.41) is 0. The van der Waals surface area contributed by atoms with Crippen molar-refractivity contribution in [1.29, 1.82) is 0 Å². The lowest BCUT2D eigenvalue weighted by molar-refractivity contribution is -0.356. The highest BCUT2D eigenvalue weighted by Gasteiger charge is 2.61. The van der Waals surface area contributed by atoms with Crippen LogP contribution in [0.1, 0.15) is 66.6 Å². The van der Waals surface area contributed by atoms with E-state index in [0.29, 0.717) is 6.61 Å². The normalized spacial score (nSPS) is 29.5. The predicted octanol–water partition coefficient (Wildman–Crippen LogP) is 11.6. The zero-order valence-electron chi connectivity index (χ0n) is 51.0. The number of hydrogen-bond acceptors (Lipinski definition) is 16. The highest BCUT2D eigenvalue weighted by molar-refractivity contribution is 5.19. The molecule has 5 saturated heterocycles. The van der Waals surface area contributed by atoms with E-state index in [-0.39, 0.29) is 59.5 Å². The molecule has 16 nitrogen and oxygen atoms in total. The molecule has 7 aromatic carbocycles. The zero-order valence-corrected chi connectivity index (χ0v) is 51.0. The average molecular weight is 1220 g/mol. The van der Waals surface area contributed by atoms with Crippen molar-refractivity contribution in [2.75, 3.05) is 19.8 Å². The molecule has 5 aliphatic rings. The molecule has 0 aliphatic carbocycles. The summed E-state index contributed by atoms with van der Waals surface area (Å²) in [6.45, 7) is 9.18. The highest BCUT2D eigenvalue weighted by Crippen LogP contribution is 2.45. The third-order valence-electron chi connectivity index (χ3n) is 16.4. The van der Waals surface area contributed by atoms with E-state index in [9.17, 15) is 0 Å². The first-order valence-corrected chi connectivity index (χ1v) is 31.0. The molecule has 0 saturated carbocycles. The molecule has 0 spiro atoms. The standard InChI is InChI=1S/C73H82O16/c1-72(2)86-62-59(85-71-68(65(62)87-72)88-73(3,4)89-71)49-82-70-67(80-46-56-38-24-11-25-39-56)64(78-44-54-34-20-9-21-35-54)61(76-42-52-30-16-7-17-31-52)58(84-70)48-81-69-66(79-45-55-36-22-10-23-37-55)63(77-43-53-32-18-8-19-33-53)60(75-41-51-28-14-6-15-29-51)57(83-69)47-74-40-50-26-12-5-13-27-50/h5-39,57-71H,40-49H2,1-4H3/t57-,58-,59-,60-,61-,62+,63+,64+,65+,66-,67-,68-,69-,70-,71-/m1/s1. The lowest BCUT2D eigenvalue weighted by atomic mass is 9.96. The molecule has 12 rings (SSSR count). The van der Waals surface area contributed by atoms with Crippen molar-refractivity contribution >= 4 is 0 Å². The maximum atomic E-state index is 7.33. The van der Waals surface area contributed by atoms with Crippen molar-refractivity contribution in [1.82, 2.24) is 0 Å². The smallest absolute Gasteiger partial charge is 0.190 e. The fraction of sp³-hybridized carbons (Fsp3) is 0.425. The van der Waals surface area contributed by atoms with Crippen LogP contribution in [0, 0.1) is 0 Å². The number of fused-ring (bicyclic) bond motifs is 3. The van der Waals surface area contributed by atoms with Crippen molar-refractivity contribution in [2.45, 2.75) is 178 Å². The molecule has 5 fully saturated rings. The first-order valence-electron chi connectivity index (χ1n) is 31.0. The molecule has 7 aromatic rings. The fourth-order valence-electron chi connectivity index (χ4n) is 12.1. The SMILES string of the molecule is CC1(C)O[C@H]2[C@@H](O1)[C@@H](CO[C@@H]1O[C@H](CO[C@@H]3O[C@H](COCc4ccccc4)[C@@H](OCc4ccccc4)[C@H](OCc4ccccc4)[C@H]3OCc3ccccc3)[C@@H](OCc3ccccc3)[C@H](OCc3ccccc3)[C@H]1OCc1ccccc1)O[C@@H]1OC(C)(C)O[C@@H]12. The minimum Gasteiger partial charge on any atom is -0.374 e. The summed E-state index contributed by atoms with van der Waals surface area (Å²) >= 11 is 0. The third kappa shape index (κ3) is 16.9. The second-order valence-electron chi connectivity index (χ2n) is 24.0. The van der Waals surface area contributed by atoms with Gasteiger partial charge in [0.25, 0.3) is 0 Å². The van der Waals surface area contributed by atoms with Crippen LogP contribution < -0.4 is 0 Å². The van der Waals surface area contributed by atoms with E-state index in [4.69, 9.17) is 75.8 Å². The lowest BCUT2D eigenvalue weighted by Crippen LogP contribution is -2.64. The Bertz CT molecular complexity index is 3170. The number of rotatable bonds is 28. The van der Waals surface area contributed by atoms with Gasteiger partial charge in [-0.25, -0.2) is 0 Å². The summed E-state index contributed by atoms with van der Waals surface area (Å²) in [5.41, 5.74) is 6.76. The monoisotopic (exact) mass is 1210 g/mol. The van der Waals surface area contributed by atoms with Gasteiger partial charge in [0.2, 0.25) is 0 Å². The first-order chi connectivity index (χ1) is 43.6. The minimum absolute atomic E-state index is 0.0192. The average Bonchev–Trinajstić information content (AvgIpc) is 3.07. The van der Waals surface area contributed by atoms with Crippen LogP contribution in [0.25, 0.3) is 0 Å². The Balaban J connectivity index is 0.905. The van der Waals surface area contributed by atoms with E-state index in [1.54, 1.807) is 0 Å². The molecule has 0 N–H and O–H groups in total. The molecule has 470 valence electrons. The molecule has 0 bridgehead atoms. The molecule has 0 unspecified atom stereocenters. The van der Waals surface area contributed by atoms with Crippen molar-refractivity contribution in [2.24, 2.45) is 0 Å². The summed E-state index contributed by atoms with van der Waals surface area (Å²) in [7, 11) is 0. The minimum atomic E-state index is -1.11. The van der Waals surface area contributed by atoms with Crippen LogP contribution in [0.2, 0.25) is 0 Å². The first kappa shape index (κ1) is 63.1. The van der Waals surface area contributed by atoms with Gasteiger partial charge in [-0.1, -0.05) is 212 Å².